The summed E-state index contributed by atoms with van der Waals surface area (Å²) in [5, 5.41) is 14.3. The minimum atomic E-state index is -0.879. The van der Waals surface area contributed by atoms with Gasteiger partial charge in [0.2, 0.25) is 5.91 Å². The van der Waals surface area contributed by atoms with Crippen LogP contribution in [0.1, 0.15) is 34.5 Å². The third kappa shape index (κ3) is 8.21. The Morgan fingerprint density at radius 2 is 1.67 bits per heavy atom. The number of pyridine rings is 1. The molecule has 6 aromatic rings. The van der Waals surface area contributed by atoms with Crippen LogP contribution < -0.4 is 15.4 Å². The molecule has 262 valence electrons. The topological polar surface area (TPSA) is 155 Å². The van der Waals surface area contributed by atoms with E-state index in [-0.39, 0.29) is 30.2 Å². The number of aromatic nitrogens is 6. The van der Waals surface area contributed by atoms with Crippen molar-refractivity contribution in [1.29, 1.82) is 0 Å². The molecule has 2 amide bonds. The molecule has 1 unspecified atom stereocenters. The van der Waals surface area contributed by atoms with Gasteiger partial charge < -0.3 is 24.7 Å². The molecule has 1 atom stereocenters. The summed E-state index contributed by atoms with van der Waals surface area (Å²) in [6.07, 6.45) is 9.68. The second-order valence-electron chi connectivity index (χ2n) is 12.6. The molecule has 13 heteroatoms. The van der Waals surface area contributed by atoms with E-state index in [1.165, 1.54) is 13.3 Å². The maximum absolute atomic E-state index is 13.2. The molecule has 1 saturated carbocycles. The summed E-state index contributed by atoms with van der Waals surface area (Å²) in [6, 6.07) is 27.3. The second-order valence-corrected chi connectivity index (χ2v) is 12.6. The Morgan fingerprint density at radius 3 is 2.46 bits per heavy atom. The summed E-state index contributed by atoms with van der Waals surface area (Å²) in [5.74, 6) is -0.172. The van der Waals surface area contributed by atoms with Gasteiger partial charge in [-0.05, 0) is 48.7 Å². The molecule has 1 aliphatic rings. The van der Waals surface area contributed by atoms with E-state index < -0.39 is 12.0 Å². The zero-order valence-electron chi connectivity index (χ0n) is 28.3. The van der Waals surface area contributed by atoms with Gasteiger partial charge in [0.25, 0.3) is 5.91 Å². The van der Waals surface area contributed by atoms with Crippen LogP contribution in [0.4, 0.5) is 0 Å². The smallest absolute Gasteiger partial charge is 0.328 e. The van der Waals surface area contributed by atoms with Crippen LogP contribution in [0.3, 0.4) is 0 Å². The van der Waals surface area contributed by atoms with Crippen LogP contribution >= 0.6 is 0 Å². The van der Waals surface area contributed by atoms with Crippen LogP contribution in [0.25, 0.3) is 16.9 Å². The minimum absolute atomic E-state index is 0.204. The molecule has 2 N–H and O–H groups in total. The highest BCUT2D eigenvalue weighted by molar-refractivity contribution is 5.95. The van der Waals surface area contributed by atoms with Gasteiger partial charge in [-0.25, -0.2) is 14.5 Å². The molecule has 0 spiro atoms. The van der Waals surface area contributed by atoms with E-state index in [0.29, 0.717) is 47.8 Å². The molecular formula is C39H36N8O5. The highest BCUT2D eigenvalue weighted by Gasteiger charge is 2.37. The molecule has 52 heavy (non-hydrogen) atoms. The highest BCUT2D eigenvalue weighted by atomic mass is 16.5. The molecule has 1 fully saturated rings. The first-order valence-electron chi connectivity index (χ1n) is 16.8. The van der Waals surface area contributed by atoms with Crippen molar-refractivity contribution in [2.24, 2.45) is 5.92 Å². The van der Waals surface area contributed by atoms with E-state index in [4.69, 9.17) is 9.47 Å². The molecular weight excluding hydrogens is 660 g/mol. The van der Waals surface area contributed by atoms with Crippen LogP contribution in [-0.4, -0.2) is 66.5 Å². The van der Waals surface area contributed by atoms with Gasteiger partial charge in [0, 0.05) is 36.3 Å². The lowest BCUT2D eigenvalue weighted by atomic mass is 9.79. The number of carbonyl (C=O) groups is 3. The number of methoxy groups -OCH3 is 1. The predicted octanol–water partition coefficient (Wildman–Crippen LogP) is 4.78. The van der Waals surface area contributed by atoms with E-state index in [1.807, 2.05) is 95.7 Å². The number of carbonyl (C=O) groups excluding carboxylic acids is 3. The largest absolute Gasteiger partial charge is 0.467 e. The number of benzene rings is 3. The van der Waals surface area contributed by atoms with Gasteiger partial charge >= 0.3 is 5.97 Å². The number of hydrogen-bond acceptors (Lipinski definition) is 9. The fraction of sp³-hybridized carbons (Fsp3) is 0.205. The van der Waals surface area contributed by atoms with E-state index in [2.05, 4.69) is 30.9 Å². The Labute approximate surface area is 299 Å². The van der Waals surface area contributed by atoms with Crippen LogP contribution in [0.2, 0.25) is 0 Å². The minimum Gasteiger partial charge on any atom is -0.467 e. The summed E-state index contributed by atoms with van der Waals surface area (Å²) in [4.78, 5) is 47.7. The summed E-state index contributed by atoms with van der Waals surface area (Å²) < 4.78 is 14.4. The first kappa shape index (κ1) is 33.8. The monoisotopic (exact) mass is 696 g/mol. The zero-order valence-corrected chi connectivity index (χ0v) is 28.3. The van der Waals surface area contributed by atoms with Crippen molar-refractivity contribution in [1.82, 2.24) is 40.2 Å². The Morgan fingerprint density at radius 1 is 0.904 bits per heavy atom. The van der Waals surface area contributed by atoms with E-state index in [0.717, 1.165) is 16.8 Å². The number of rotatable bonds is 13. The normalized spacial score (nSPS) is 15.6. The van der Waals surface area contributed by atoms with E-state index in [1.54, 1.807) is 29.5 Å². The summed E-state index contributed by atoms with van der Waals surface area (Å²) in [5.41, 5.74) is 4.35. The SMILES string of the molecule is COC(=O)C(Cc1cccc(Oc2ccccc2)c1)NC(=O)C1CC(NC(=O)c2cncc(-n3cc(Cn4cnc(-c5ccccc5)c4)nn3)c2)C1. The molecule has 0 saturated heterocycles. The quantitative estimate of drug-likeness (QED) is 0.163. The molecule has 3 aromatic carbocycles. The fourth-order valence-electron chi connectivity index (χ4n) is 6.01. The molecule has 0 radical (unpaired) electrons. The maximum Gasteiger partial charge on any atom is 0.328 e. The lowest BCUT2D eigenvalue weighted by molar-refractivity contribution is -0.146. The third-order valence-corrected chi connectivity index (χ3v) is 8.80. The Bertz CT molecular complexity index is 2160. The maximum atomic E-state index is 13.2. The number of amides is 2. The van der Waals surface area contributed by atoms with Crippen molar-refractivity contribution in [3.05, 3.63) is 139 Å². The van der Waals surface area contributed by atoms with Crippen LogP contribution in [0.15, 0.2) is 122 Å². The highest BCUT2D eigenvalue weighted by Crippen LogP contribution is 2.29. The van der Waals surface area contributed by atoms with Crippen LogP contribution in [0, 0.1) is 5.92 Å². The number of imidazole rings is 1. The molecule has 0 aliphatic heterocycles. The average molecular weight is 697 g/mol. The lowest BCUT2D eigenvalue weighted by Crippen LogP contribution is -2.52. The van der Waals surface area contributed by atoms with Gasteiger partial charge in [-0.15, -0.1) is 5.10 Å². The Balaban J connectivity index is 0.906. The summed E-state index contributed by atoms with van der Waals surface area (Å²) in [7, 11) is 1.29. The molecule has 13 nitrogen and oxygen atoms in total. The van der Waals surface area contributed by atoms with Gasteiger partial charge in [0.1, 0.15) is 23.2 Å². The van der Waals surface area contributed by atoms with E-state index in [9.17, 15) is 14.4 Å². The van der Waals surface area contributed by atoms with Crippen molar-refractivity contribution >= 4 is 17.8 Å². The first-order valence-corrected chi connectivity index (χ1v) is 16.8. The van der Waals surface area contributed by atoms with Crippen molar-refractivity contribution in [2.75, 3.05) is 7.11 Å². The number of esters is 1. The Hall–Kier alpha value is -6.63. The third-order valence-electron chi connectivity index (χ3n) is 8.80. The zero-order chi connectivity index (χ0) is 35.9. The van der Waals surface area contributed by atoms with Crippen LogP contribution in [0.5, 0.6) is 11.5 Å². The predicted molar refractivity (Wildman–Crippen MR) is 191 cm³/mol. The van der Waals surface area contributed by atoms with Gasteiger partial charge in [0.05, 0.1) is 49.3 Å². The van der Waals surface area contributed by atoms with Crippen molar-refractivity contribution in [3.63, 3.8) is 0 Å². The fourth-order valence-corrected chi connectivity index (χ4v) is 6.01. The van der Waals surface area contributed by atoms with Gasteiger partial charge in [-0.3, -0.25) is 14.6 Å². The molecule has 0 bridgehead atoms. The standard InChI is InChI=1S/C39H36N8O5/c1-51-39(50)35(16-26-9-8-14-34(15-26)52-33-12-6-3-7-13-33)43-37(48)28-17-30(18-28)42-38(49)29-19-32(21-40-20-29)47-23-31(44-45-47)22-46-24-36(41-25-46)27-10-4-2-5-11-27/h2-15,19-21,23-25,28,30,35H,16-18,22H2,1H3,(H,42,49)(H,43,48). The van der Waals surface area contributed by atoms with Crippen molar-refractivity contribution in [3.8, 4) is 28.4 Å². The number of para-hydroxylation sites is 1. The number of nitrogens with zero attached hydrogens (tertiary/aromatic N) is 6. The molecule has 1 aliphatic carbocycles. The van der Waals surface area contributed by atoms with Crippen LogP contribution in [-0.2, 0) is 27.3 Å². The number of hydrogen-bond donors (Lipinski definition) is 2. The summed E-state index contributed by atoms with van der Waals surface area (Å²) in [6.45, 7) is 0.473. The average Bonchev–Trinajstić information content (AvgIpc) is 3.83. The van der Waals surface area contributed by atoms with Crippen molar-refractivity contribution < 1.29 is 23.9 Å². The van der Waals surface area contributed by atoms with Crippen molar-refractivity contribution in [2.45, 2.75) is 37.9 Å². The van der Waals surface area contributed by atoms with E-state index >= 15 is 0 Å². The first-order chi connectivity index (χ1) is 25.4. The molecule has 3 heterocycles. The van der Waals surface area contributed by atoms with Gasteiger partial charge in [0.15, 0.2) is 0 Å². The molecule has 7 rings (SSSR count). The lowest BCUT2D eigenvalue weighted by Gasteiger charge is -2.35. The molecule has 3 aromatic heterocycles. The number of nitrogens with one attached hydrogen (secondary N) is 2. The summed E-state index contributed by atoms with van der Waals surface area (Å²) >= 11 is 0. The Kier molecular flexibility index (Phi) is 10.1. The number of ether oxygens (including phenoxy) is 2. The van der Waals surface area contributed by atoms with Gasteiger partial charge in [-0.1, -0.05) is 65.9 Å². The second kappa shape index (κ2) is 15.5. The van der Waals surface area contributed by atoms with Gasteiger partial charge in [-0.2, -0.15) is 0 Å².